The maximum Gasteiger partial charge on any atom is 0.0962 e. The molecule has 1 atom stereocenters. The fourth-order valence-electron chi connectivity index (χ4n) is 0.885. The lowest BCUT2D eigenvalue weighted by atomic mass is 10.2. The first kappa shape index (κ1) is 9.19. The van der Waals surface area contributed by atoms with Crippen molar-refractivity contribution in [3.63, 3.8) is 0 Å². The summed E-state index contributed by atoms with van der Waals surface area (Å²) < 4.78 is 6.28. The minimum absolute atomic E-state index is 0.0237. The lowest BCUT2D eigenvalue weighted by Gasteiger charge is -2.11. The zero-order chi connectivity index (χ0) is 8.27. The van der Waals surface area contributed by atoms with E-state index in [-0.39, 0.29) is 6.10 Å². The highest BCUT2D eigenvalue weighted by atomic mass is 79.9. The molecule has 0 fully saturated rings. The molecule has 0 aromatic carbocycles. The molecule has 0 aliphatic carbocycles. The molecule has 0 spiro atoms. The van der Waals surface area contributed by atoms with Gasteiger partial charge in [-0.2, -0.15) is 0 Å². The summed E-state index contributed by atoms with van der Waals surface area (Å²) in [6.45, 7) is 0.520. The smallest absolute Gasteiger partial charge is 0.0962 e. The molecule has 1 aromatic heterocycles. The maximum absolute atomic E-state index is 5.50. The fourth-order valence-corrected chi connectivity index (χ4v) is 2.27. The second-order valence-electron chi connectivity index (χ2n) is 2.11. The van der Waals surface area contributed by atoms with Gasteiger partial charge in [0.2, 0.25) is 0 Å². The number of rotatable bonds is 3. The van der Waals surface area contributed by atoms with Crippen LogP contribution in [0.25, 0.3) is 0 Å². The third kappa shape index (κ3) is 2.02. The van der Waals surface area contributed by atoms with Gasteiger partial charge in [0.05, 0.1) is 9.89 Å². The Morgan fingerprint density at radius 3 is 2.91 bits per heavy atom. The molecule has 4 heteroatoms. The summed E-state index contributed by atoms with van der Waals surface area (Å²) >= 11 is 5.08. The maximum atomic E-state index is 5.50. The summed E-state index contributed by atoms with van der Waals surface area (Å²) in [7, 11) is 1.67. The number of halogens is 1. The zero-order valence-electron chi connectivity index (χ0n) is 6.21. The zero-order valence-corrected chi connectivity index (χ0v) is 8.61. The number of methoxy groups -OCH3 is 1. The standard InChI is InChI=1S/C7H10BrNOS/c1-10-6(4-9)5-2-3-11-7(5)8/h2-3,6H,4,9H2,1H3. The SMILES string of the molecule is COC(CN)c1ccsc1Br. The van der Waals surface area contributed by atoms with Gasteiger partial charge < -0.3 is 10.5 Å². The van der Waals surface area contributed by atoms with Crippen LogP contribution >= 0.6 is 27.3 Å². The molecule has 2 N–H and O–H groups in total. The van der Waals surface area contributed by atoms with E-state index in [9.17, 15) is 0 Å². The summed E-state index contributed by atoms with van der Waals surface area (Å²) in [6, 6.07) is 2.02. The van der Waals surface area contributed by atoms with Crippen molar-refractivity contribution in [2.75, 3.05) is 13.7 Å². The van der Waals surface area contributed by atoms with Crippen molar-refractivity contribution < 1.29 is 4.74 Å². The Morgan fingerprint density at radius 1 is 1.82 bits per heavy atom. The first-order chi connectivity index (χ1) is 5.29. The summed E-state index contributed by atoms with van der Waals surface area (Å²) in [6.07, 6.45) is 0.0237. The Kier molecular flexibility index (Phi) is 3.51. The molecule has 0 saturated heterocycles. The lowest BCUT2D eigenvalue weighted by molar-refractivity contribution is 0.110. The second kappa shape index (κ2) is 4.21. The van der Waals surface area contributed by atoms with Gasteiger partial charge >= 0.3 is 0 Å². The number of thiophene rings is 1. The Balaban J connectivity index is 2.81. The van der Waals surface area contributed by atoms with Crippen LogP contribution in [0.4, 0.5) is 0 Å². The largest absolute Gasteiger partial charge is 0.375 e. The van der Waals surface area contributed by atoms with Gasteiger partial charge in [-0.05, 0) is 27.4 Å². The van der Waals surface area contributed by atoms with Crippen LogP contribution in [0.5, 0.6) is 0 Å². The molecule has 0 aliphatic heterocycles. The summed E-state index contributed by atoms with van der Waals surface area (Å²) in [4.78, 5) is 0. The van der Waals surface area contributed by atoms with Crippen LogP contribution in [0.2, 0.25) is 0 Å². The molecule has 1 aromatic rings. The van der Waals surface area contributed by atoms with Crippen LogP contribution in [-0.4, -0.2) is 13.7 Å². The first-order valence-corrected chi connectivity index (χ1v) is 4.92. The highest BCUT2D eigenvalue weighted by molar-refractivity contribution is 9.11. The van der Waals surface area contributed by atoms with Crippen LogP contribution in [0.3, 0.4) is 0 Å². The summed E-state index contributed by atoms with van der Waals surface area (Å²) in [5, 5.41) is 2.01. The van der Waals surface area contributed by atoms with Gasteiger partial charge in [-0.25, -0.2) is 0 Å². The number of nitrogens with two attached hydrogens (primary N) is 1. The van der Waals surface area contributed by atoms with Crippen LogP contribution in [-0.2, 0) is 4.74 Å². The van der Waals surface area contributed by atoms with Gasteiger partial charge in [0.1, 0.15) is 0 Å². The Morgan fingerprint density at radius 2 is 2.55 bits per heavy atom. The fraction of sp³-hybridized carbons (Fsp3) is 0.429. The average Bonchev–Trinajstić information content (AvgIpc) is 2.40. The van der Waals surface area contributed by atoms with Gasteiger partial charge in [0, 0.05) is 19.2 Å². The number of hydrogen-bond acceptors (Lipinski definition) is 3. The minimum atomic E-state index is 0.0237. The predicted molar refractivity (Wildman–Crippen MR) is 50.8 cm³/mol. The van der Waals surface area contributed by atoms with Crippen molar-refractivity contribution >= 4 is 27.3 Å². The van der Waals surface area contributed by atoms with Crippen molar-refractivity contribution in [3.8, 4) is 0 Å². The molecule has 0 bridgehead atoms. The van der Waals surface area contributed by atoms with E-state index in [1.165, 1.54) is 0 Å². The van der Waals surface area contributed by atoms with Gasteiger partial charge in [-0.3, -0.25) is 0 Å². The first-order valence-electron chi connectivity index (χ1n) is 3.25. The Hall–Kier alpha value is 0.100. The van der Waals surface area contributed by atoms with Gasteiger partial charge in [0.15, 0.2) is 0 Å². The molecule has 0 radical (unpaired) electrons. The highest BCUT2D eigenvalue weighted by Crippen LogP contribution is 2.29. The second-order valence-corrected chi connectivity index (χ2v) is 4.34. The van der Waals surface area contributed by atoms with Gasteiger partial charge in [-0.1, -0.05) is 0 Å². The molecule has 1 unspecified atom stereocenters. The average molecular weight is 236 g/mol. The van der Waals surface area contributed by atoms with Gasteiger partial charge in [0.25, 0.3) is 0 Å². The van der Waals surface area contributed by atoms with E-state index in [0.29, 0.717) is 6.54 Å². The molecule has 0 amide bonds. The molecule has 0 aliphatic rings. The normalized spacial score (nSPS) is 13.4. The topological polar surface area (TPSA) is 35.2 Å². The molecule has 1 rings (SSSR count). The van der Waals surface area contributed by atoms with Crippen molar-refractivity contribution in [3.05, 3.63) is 20.8 Å². The Bertz CT molecular complexity index is 222. The minimum Gasteiger partial charge on any atom is -0.375 e. The monoisotopic (exact) mass is 235 g/mol. The molecule has 1 heterocycles. The van der Waals surface area contributed by atoms with Crippen LogP contribution in [0.1, 0.15) is 11.7 Å². The third-order valence-corrected chi connectivity index (χ3v) is 3.22. The third-order valence-electron chi connectivity index (χ3n) is 1.49. The molecule has 2 nitrogen and oxygen atoms in total. The van der Waals surface area contributed by atoms with Crippen molar-refractivity contribution in [1.82, 2.24) is 0 Å². The van der Waals surface area contributed by atoms with Gasteiger partial charge in [-0.15, -0.1) is 11.3 Å². The molecular weight excluding hydrogens is 226 g/mol. The van der Waals surface area contributed by atoms with E-state index in [2.05, 4.69) is 15.9 Å². The van der Waals surface area contributed by atoms with E-state index in [4.69, 9.17) is 10.5 Å². The molecular formula is C7H10BrNOS. The molecule has 11 heavy (non-hydrogen) atoms. The quantitative estimate of drug-likeness (QED) is 0.872. The van der Waals surface area contributed by atoms with E-state index < -0.39 is 0 Å². The summed E-state index contributed by atoms with van der Waals surface area (Å²) in [5.41, 5.74) is 6.64. The van der Waals surface area contributed by atoms with Crippen molar-refractivity contribution in [2.45, 2.75) is 6.10 Å². The van der Waals surface area contributed by atoms with E-state index in [1.54, 1.807) is 18.4 Å². The van der Waals surface area contributed by atoms with Crippen LogP contribution in [0, 0.1) is 0 Å². The highest BCUT2D eigenvalue weighted by Gasteiger charge is 2.11. The Labute approximate surface area is 78.5 Å². The lowest BCUT2D eigenvalue weighted by Crippen LogP contribution is -2.13. The van der Waals surface area contributed by atoms with E-state index in [1.807, 2.05) is 11.4 Å². The predicted octanol–water partition coefficient (Wildman–Crippen LogP) is 2.16. The molecule has 62 valence electrons. The summed E-state index contributed by atoms with van der Waals surface area (Å²) in [5.74, 6) is 0. The van der Waals surface area contributed by atoms with Crippen LogP contribution in [0.15, 0.2) is 15.2 Å². The van der Waals surface area contributed by atoms with Crippen molar-refractivity contribution in [1.29, 1.82) is 0 Å². The van der Waals surface area contributed by atoms with E-state index in [0.717, 1.165) is 9.35 Å². The number of ether oxygens (including phenoxy) is 1. The molecule has 0 saturated carbocycles. The van der Waals surface area contributed by atoms with E-state index >= 15 is 0 Å². The van der Waals surface area contributed by atoms with Crippen LogP contribution < -0.4 is 5.73 Å². The number of hydrogen-bond donors (Lipinski definition) is 1. The van der Waals surface area contributed by atoms with Crippen molar-refractivity contribution in [2.24, 2.45) is 5.73 Å².